The molecule has 2 aromatic heterocycles. The van der Waals surface area contributed by atoms with Crippen molar-refractivity contribution in [2.75, 3.05) is 19.6 Å². The zero-order valence-electron chi connectivity index (χ0n) is 18.6. The number of benzene rings is 2. The van der Waals surface area contributed by atoms with Gasteiger partial charge in [-0.2, -0.15) is 9.97 Å². The lowest BCUT2D eigenvalue weighted by molar-refractivity contribution is -0.136. The molecule has 0 spiro atoms. The lowest BCUT2D eigenvalue weighted by Crippen LogP contribution is -2.49. The van der Waals surface area contributed by atoms with Crippen molar-refractivity contribution in [2.24, 2.45) is 0 Å². The molecule has 1 fully saturated rings. The minimum Gasteiger partial charge on any atom is -0.339 e. The maximum Gasteiger partial charge on any atom is 0.237 e. The number of rotatable bonds is 6. The van der Waals surface area contributed by atoms with Gasteiger partial charge in [0.05, 0.1) is 6.54 Å². The van der Waals surface area contributed by atoms with Gasteiger partial charge in [0.2, 0.25) is 29.3 Å². The van der Waals surface area contributed by atoms with Gasteiger partial charge in [0.1, 0.15) is 0 Å². The zero-order chi connectivity index (χ0) is 22.8. The van der Waals surface area contributed by atoms with E-state index >= 15 is 0 Å². The summed E-state index contributed by atoms with van der Waals surface area (Å²) in [4.78, 5) is 25.4. The smallest absolute Gasteiger partial charge is 0.237 e. The van der Waals surface area contributed by atoms with Gasteiger partial charge in [-0.1, -0.05) is 52.8 Å². The number of piperazine rings is 1. The second kappa shape index (κ2) is 8.95. The number of carbonyl (C=O) groups excluding carboxylic acids is 1. The fourth-order valence-electron chi connectivity index (χ4n) is 3.94. The number of hydrogen-bond acceptors (Lipinski definition) is 8. The summed E-state index contributed by atoms with van der Waals surface area (Å²) < 4.78 is 10.1. The fourth-order valence-corrected chi connectivity index (χ4v) is 3.94. The Labute approximate surface area is 191 Å². The van der Waals surface area contributed by atoms with Gasteiger partial charge in [0.15, 0.2) is 0 Å². The number of nitrogens with zero attached hydrogens (tertiary/aromatic N) is 6. The molecule has 9 heteroatoms. The topological polar surface area (TPSA) is 101 Å². The molecular formula is C24H24N6O3. The highest BCUT2D eigenvalue weighted by Crippen LogP contribution is 2.20. The van der Waals surface area contributed by atoms with Crippen LogP contribution in [-0.4, -0.2) is 55.6 Å². The molecule has 4 aromatic rings. The second-order valence-electron chi connectivity index (χ2n) is 8.20. The summed E-state index contributed by atoms with van der Waals surface area (Å²) >= 11 is 0. The van der Waals surface area contributed by atoms with Crippen LogP contribution in [0.5, 0.6) is 0 Å². The highest BCUT2D eigenvalue weighted by atomic mass is 16.5. The summed E-state index contributed by atoms with van der Waals surface area (Å²) in [5, 5.41) is 7.93. The van der Waals surface area contributed by atoms with Crippen LogP contribution in [0.3, 0.4) is 0 Å². The molecule has 1 aliphatic heterocycles. The minimum absolute atomic E-state index is 0.129. The highest BCUT2D eigenvalue weighted by molar-refractivity contribution is 5.79. The number of aryl methyl sites for hydroxylation is 2. The molecule has 0 unspecified atom stereocenters. The molecule has 1 saturated heterocycles. The summed E-state index contributed by atoms with van der Waals surface area (Å²) in [6.45, 7) is 6.72. The highest BCUT2D eigenvalue weighted by Gasteiger charge is 2.24. The van der Waals surface area contributed by atoms with Crippen molar-refractivity contribution in [1.29, 1.82) is 0 Å². The maximum atomic E-state index is 12.8. The van der Waals surface area contributed by atoms with E-state index in [4.69, 9.17) is 9.05 Å². The second-order valence-corrected chi connectivity index (χ2v) is 8.20. The minimum atomic E-state index is 0.129. The van der Waals surface area contributed by atoms with Gasteiger partial charge in [0, 0.05) is 51.2 Å². The number of carbonyl (C=O) groups is 1. The molecule has 0 aliphatic carbocycles. The summed E-state index contributed by atoms with van der Waals surface area (Å²) in [5.74, 6) is 2.35. The molecule has 33 heavy (non-hydrogen) atoms. The van der Waals surface area contributed by atoms with E-state index in [1.54, 1.807) is 13.8 Å². The molecule has 0 atom stereocenters. The lowest BCUT2D eigenvalue weighted by Gasteiger charge is -2.34. The zero-order valence-corrected chi connectivity index (χ0v) is 18.6. The molecule has 2 aromatic carbocycles. The Morgan fingerprint density at radius 1 is 0.818 bits per heavy atom. The average Bonchev–Trinajstić information content (AvgIpc) is 3.45. The monoisotopic (exact) mass is 444 g/mol. The van der Waals surface area contributed by atoms with Crippen LogP contribution in [-0.2, 0) is 17.9 Å². The third-order valence-corrected chi connectivity index (χ3v) is 5.63. The van der Waals surface area contributed by atoms with Crippen molar-refractivity contribution in [2.45, 2.75) is 26.9 Å². The third kappa shape index (κ3) is 4.83. The Bertz CT molecular complexity index is 1260. The van der Waals surface area contributed by atoms with E-state index in [1.165, 1.54) is 0 Å². The number of aromatic nitrogens is 4. The Morgan fingerprint density at radius 2 is 1.52 bits per heavy atom. The first-order valence-corrected chi connectivity index (χ1v) is 10.8. The molecule has 0 bridgehead atoms. The fraction of sp³-hybridized carbons (Fsp3) is 0.292. The largest absolute Gasteiger partial charge is 0.339 e. The van der Waals surface area contributed by atoms with E-state index < -0.39 is 0 Å². The first-order chi connectivity index (χ1) is 16.0. The van der Waals surface area contributed by atoms with E-state index in [9.17, 15) is 4.79 Å². The summed E-state index contributed by atoms with van der Waals surface area (Å²) in [6, 6.07) is 16.0. The predicted octanol–water partition coefficient (Wildman–Crippen LogP) is 3.25. The third-order valence-electron chi connectivity index (χ3n) is 5.63. The van der Waals surface area contributed by atoms with Crippen molar-refractivity contribution in [3.8, 4) is 22.8 Å². The predicted molar refractivity (Wildman–Crippen MR) is 120 cm³/mol. The van der Waals surface area contributed by atoms with E-state index in [-0.39, 0.29) is 5.91 Å². The first-order valence-electron chi connectivity index (χ1n) is 10.8. The molecule has 3 heterocycles. The Hall–Kier alpha value is -3.85. The van der Waals surface area contributed by atoms with E-state index in [1.807, 2.05) is 47.4 Å². The Kier molecular flexibility index (Phi) is 5.70. The first kappa shape index (κ1) is 21.0. The Balaban J connectivity index is 1.18. The molecule has 5 rings (SSSR count). The molecule has 0 saturated carbocycles. The summed E-state index contributed by atoms with van der Waals surface area (Å²) in [5.41, 5.74) is 3.99. The summed E-state index contributed by atoms with van der Waals surface area (Å²) in [7, 11) is 0. The van der Waals surface area contributed by atoms with Crippen molar-refractivity contribution in [3.05, 3.63) is 71.4 Å². The van der Waals surface area contributed by atoms with E-state index in [0.717, 1.165) is 28.8 Å². The van der Waals surface area contributed by atoms with Crippen LogP contribution in [0.4, 0.5) is 0 Å². The van der Waals surface area contributed by atoms with E-state index in [2.05, 4.69) is 31.2 Å². The molecular weight excluding hydrogens is 420 g/mol. The van der Waals surface area contributed by atoms with Gasteiger partial charge >= 0.3 is 0 Å². The van der Waals surface area contributed by atoms with Crippen molar-refractivity contribution in [1.82, 2.24) is 30.1 Å². The van der Waals surface area contributed by atoms with Crippen LogP contribution in [0.25, 0.3) is 22.8 Å². The molecule has 1 amide bonds. The van der Waals surface area contributed by atoms with Crippen LogP contribution >= 0.6 is 0 Å². The van der Waals surface area contributed by atoms with Gasteiger partial charge in [-0.15, -0.1) is 0 Å². The standard InChI is InChI=1S/C24H24N6O3/c1-16-25-23(27-32-16)20-8-6-18(7-9-20)14-30-11-10-29(15-22(30)31)13-19-4-3-5-21(12-19)24-26-17(2)33-28-24/h3-9,12H,10-11,13-15H2,1-2H3. The van der Waals surface area contributed by atoms with Crippen LogP contribution in [0.1, 0.15) is 22.9 Å². The molecule has 0 N–H and O–H groups in total. The van der Waals surface area contributed by atoms with Crippen molar-refractivity contribution in [3.63, 3.8) is 0 Å². The maximum absolute atomic E-state index is 12.8. The van der Waals surface area contributed by atoms with Crippen LogP contribution in [0.15, 0.2) is 57.6 Å². The number of amides is 1. The normalized spacial score (nSPS) is 14.7. The molecule has 0 radical (unpaired) electrons. The van der Waals surface area contributed by atoms with E-state index in [0.29, 0.717) is 49.6 Å². The lowest BCUT2D eigenvalue weighted by atomic mass is 10.1. The SMILES string of the molecule is Cc1nc(-c2ccc(CN3CCN(Cc4cccc(-c5noc(C)n5)c4)CC3=O)cc2)no1. The molecule has 9 nitrogen and oxygen atoms in total. The van der Waals surface area contributed by atoms with Gasteiger partial charge in [-0.05, 0) is 17.2 Å². The van der Waals surface area contributed by atoms with Crippen LogP contribution < -0.4 is 0 Å². The van der Waals surface area contributed by atoms with Crippen LogP contribution in [0.2, 0.25) is 0 Å². The molecule has 168 valence electrons. The van der Waals surface area contributed by atoms with Gasteiger partial charge < -0.3 is 13.9 Å². The quantitative estimate of drug-likeness (QED) is 0.447. The van der Waals surface area contributed by atoms with Gasteiger partial charge in [-0.25, -0.2) is 0 Å². The number of hydrogen-bond donors (Lipinski definition) is 0. The van der Waals surface area contributed by atoms with Crippen molar-refractivity contribution >= 4 is 5.91 Å². The Morgan fingerprint density at radius 3 is 2.15 bits per heavy atom. The molecule has 1 aliphatic rings. The van der Waals surface area contributed by atoms with Crippen molar-refractivity contribution < 1.29 is 13.8 Å². The van der Waals surface area contributed by atoms with Gasteiger partial charge in [-0.3, -0.25) is 9.69 Å². The average molecular weight is 444 g/mol. The van der Waals surface area contributed by atoms with Crippen LogP contribution in [0, 0.1) is 13.8 Å². The van der Waals surface area contributed by atoms with Gasteiger partial charge in [0.25, 0.3) is 0 Å². The summed E-state index contributed by atoms with van der Waals surface area (Å²) in [6.07, 6.45) is 0.